The summed E-state index contributed by atoms with van der Waals surface area (Å²) in [5, 5.41) is 32.5. The van der Waals surface area contributed by atoms with E-state index in [1.807, 2.05) is 6.92 Å². The average Bonchev–Trinajstić information content (AvgIpc) is 3.23. The second-order valence-electron chi connectivity index (χ2n) is 7.18. The number of ether oxygens (including phenoxy) is 1. The average molecular weight is 419 g/mol. The molecule has 1 aromatic carbocycles. The summed E-state index contributed by atoms with van der Waals surface area (Å²) in [7, 11) is -3.36. The Labute approximate surface area is 167 Å². The number of aromatic nitrogens is 3. The van der Waals surface area contributed by atoms with Crippen molar-refractivity contribution in [2.45, 2.75) is 42.5 Å². The number of sulfone groups is 1. The number of nitrogens with zero attached hydrogens (tertiary/aromatic N) is 3. The second kappa shape index (κ2) is 7.15. The largest absolute Gasteiger partial charge is 0.387 e. The van der Waals surface area contributed by atoms with Crippen molar-refractivity contribution in [3.05, 3.63) is 54.1 Å². The van der Waals surface area contributed by atoms with Gasteiger partial charge in [0.15, 0.2) is 16.1 Å². The van der Waals surface area contributed by atoms with Crippen LogP contribution in [0.1, 0.15) is 23.6 Å². The molecule has 29 heavy (non-hydrogen) atoms. The monoisotopic (exact) mass is 419 g/mol. The molecule has 0 bridgehead atoms. The first-order valence-electron chi connectivity index (χ1n) is 8.96. The fourth-order valence-electron chi connectivity index (χ4n) is 3.58. The molecule has 1 aliphatic heterocycles. The fraction of sp³-hybridized carbons (Fsp3) is 0.368. The molecule has 5 atom stereocenters. The normalized spacial score (nSPS) is 26.1. The van der Waals surface area contributed by atoms with Crippen LogP contribution in [-0.2, 0) is 14.6 Å². The third-order valence-electron chi connectivity index (χ3n) is 5.22. The maximum Gasteiger partial charge on any atom is 0.175 e. The van der Waals surface area contributed by atoms with E-state index in [1.165, 1.54) is 30.6 Å². The molecular weight excluding hydrogens is 398 g/mol. The van der Waals surface area contributed by atoms with Gasteiger partial charge in [-0.1, -0.05) is 12.1 Å². The van der Waals surface area contributed by atoms with Gasteiger partial charge < -0.3 is 24.6 Å². The van der Waals surface area contributed by atoms with Crippen molar-refractivity contribution in [3.63, 3.8) is 0 Å². The van der Waals surface area contributed by atoms with Gasteiger partial charge in [-0.25, -0.2) is 18.4 Å². The molecule has 3 N–H and O–H groups in total. The summed E-state index contributed by atoms with van der Waals surface area (Å²) >= 11 is 0. The highest BCUT2D eigenvalue weighted by Crippen LogP contribution is 2.37. The molecule has 3 aromatic rings. The van der Waals surface area contributed by atoms with Gasteiger partial charge >= 0.3 is 0 Å². The predicted octanol–water partition coefficient (Wildman–Crippen LogP) is 0.496. The first-order chi connectivity index (χ1) is 13.7. The van der Waals surface area contributed by atoms with Crippen LogP contribution in [0.2, 0.25) is 0 Å². The van der Waals surface area contributed by atoms with Gasteiger partial charge in [-0.05, 0) is 30.7 Å². The molecule has 1 aliphatic rings. The van der Waals surface area contributed by atoms with E-state index in [4.69, 9.17) is 4.74 Å². The van der Waals surface area contributed by atoms with Crippen LogP contribution >= 0.6 is 0 Å². The summed E-state index contributed by atoms with van der Waals surface area (Å²) < 4.78 is 30.6. The van der Waals surface area contributed by atoms with Gasteiger partial charge in [0.2, 0.25) is 0 Å². The maximum absolute atomic E-state index is 11.6. The van der Waals surface area contributed by atoms with Gasteiger partial charge in [-0.3, -0.25) is 0 Å². The highest BCUT2D eigenvalue weighted by atomic mass is 32.2. The molecule has 10 heteroatoms. The maximum atomic E-state index is 11.6. The Morgan fingerprint density at radius 3 is 2.45 bits per heavy atom. The van der Waals surface area contributed by atoms with Crippen LogP contribution in [0.3, 0.4) is 0 Å². The number of rotatable bonds is 4. The van der Waals surface area contributed by atoms with Gasteiger partial charge in [0, 0.05) is 17.8 Å². The van der Waals surface area contributed by atoms with E-state index in [0.29, 0.717) is 11.2 Å². The Kier molecular flexibility index (Phi) is 4.91. The first kappa shape index (κ1) is 19.9. The lowest BCUT2D eigenvalue weighted by Gasteiger charge is -2.21. The standard InChI is InChI=1S/C19H21N3O6S/c1-10-13-7-8-22(18(13)21-9-20-10)19-16(25)15(24)17(28-19)14(23)11-3-5-12(6-4-11)29(2,26)27/h3-9,14-17,19,23-25H,1-2H3/t14?,15-,16+,17+,19+/m0/s1. The minimum atomic E-state index is -3.36. The topological polar surface area (TPSA) is 135 Å². The van der Waals surface area contributed by atoms with E-state index in [2.05, 4.69) is 9.97 Å². The van der Waals surface area contributed by atoms with Gasteiger partial charge in [-0.2, -0.15) is 0 Å². The van der Waals surface area contributed by atoms with E-state index < -0.39 is 40.5 Å². The summed E-state index contributed by atoms with van der Waals surface area (Å²) in [5.74, 6) is 0. The fourth-order valence-corrected chi connectivity index (χ4v) is 4.21. The molecule has 1 fully saturated rings. The molecule has 3 heterocycles. The zero-order valence-corrected chi connectivity index (χ0v) is 16.6. The van der Waals surface area contributed by atoms with Crippen molar-refractivity contribution >= 4 is 20.9 Å². The number of aryl methyl sites for hydroxylation is 1. The van der Waals surface area contributed by atoms with Crippen molar-refractivity contribution in [1.82, 2.24) is 14.5 Å². The third-order valence-corrected chi connectivity index (χ3v) is 6.35. The highest BCUT2D eigenvalue weighted by Gasteiger charge is 2.47. The molecule has 4 rings (SSSR count). The number of aliphatic hydroxyl groups is 3. The minimum absolute atomic E-state index is 0.119. The SMILES string of the molecule is Cc1ncnc2c1ccn2[C@@H]1O[C@H](C(O)c2ccc(S(C)(=O)=O)cc2)[C@@H](O)[C@H]1O. The zero-order chi connectivity index (χ0) is 20.9. The molecule has 1 unspecified atom stereocenters. The second-order valence-corrected chi connectivity index (χ2v) is 9.19. The minimum Gasteiger partial charge on any atom is -0.387 e. The van der Waals surface area contributed by atoms with Crippen molar-refractivity contribution in [2.75, 3.05) is 6.26 Å². The van der Waals surface area contributed by atoms with Gasteiger partial charge in [-0.15, -0.1) is 0 Å². The Bertz CT molecular complexity index is 1140. The Morgan fingerprint density at radius 2 is 1.79 bits per heavy atom. The quantitative estimate of drug-likeness (QED) is 0.556. The zero-order valence-electron chi connectivity index (χ0n) is 15.7. The highest BCUT2D eigenvalue weighted by molar-refractivity contribution is 7.90. The number of aliphatic hydroxyl groups excluding tert-OH is 3. The van der Waals surface area contributed by atoms with Crippen LogP contribution in [0.5, 0.6) is 0 Å². The van der Waals surface area contributed by atoms with E-state index in [-0.39, 0.29) is 4.90 Å². The van der Waals surface area contributed by atoms with Crippen LogP contribution in [0.25, 0.3) is 11.0 Å². The van der Waals surface area contributed by atoms with Gasteiger partial charge in [0.1, 0.15) is 36.4 Å². The lowest BCUT2D eigenvalue weighted by atomic mass is 9.99. The summed E-state index contributed by atoms with van der Waals surface area (Å²) in [6, 6.07) is 7.46. The van der Waals surface area contributed by atoms with E-state index in [9.17, 15) is 23.7 Å². The van der Waals surface area contributed by atoms with Gasteiger partial charge in [0.05, 0.1) is 10.6 Å². The first-order valence-corrected chi connectivity index (χ1v) is 10.9. The van der Waals surface area contributed by atoms with Crippen molar-refractivity contribution in [1.29, 1.82) is 0 Å². The number of fused-ring (bicyclic) bond motifs is 1. The predicted molar refractivity (Wildman–Crippen MR) is 103 cm³/mol. The number of hydrogen-bond donors (Lipinski definition) is 3. The van der Waals surface area contributed by atoms with Gasteiger partial charge in [0.25, 0.3) is 0 Å². The van der Waals surface area contributed by atoms with E-state index in [1.54, 1.807) is 16.8 Å². The number of benzene rings is 1. The van der Waals surface area contributed by atoms with Crippen LogP contribution < -0.4 is 0 Å². The van der Waals surface area contributed by atoms with Crippen molar-refractivity contribution in [2.24, 2.45) is 0 Å². The molecule has 0 spiro atoms. The number of hydrogen-bond acceptors (Lipinski definition) is 8. The van der Waals surface area contributed by atoms with Crippen LogP contribution in [0.15, 0.2) is 47.8 Å². The molecule has 1 saturated heterocycles. The van der Waals surface area contributed by atoms with Crippen LogP contribution in [-0.4, -0.2) is 62.8 Å². The molecule has 154 valence electrons. The van der Waals surface area contributed by atoms with E-state index in [0.717, 1.165) is 17.3 Å². The molecule has 9 nitrogen and oxygen atoms in total. The summed E-state index contributed by atoms with van der Waals surface area (Å²) in [5.41, 5.74) is 1.68. The van der Waals surface area contributed by atoms with Crippen LogP contribution in [0, 0.1) is 6.92 Å². The Balaban J connectivity index is 1.62. The molecule has 0 aliphatic carbocycles. The smallest absolute Gasteiger partial charge is 0.175 e. The van der Waals surface area contributed by atoms with Crippen LogP contribution in [0.4, 0.5) is 0 Å². The Hall–Kier alpha value is -2.37. The molecule has 0 saturated carbocycles. The Morgan fingerprint density at radius 1 is 1.10 bits per heavy atom. The summed E-state index contributed by atoms with van der Waals surface area (Å²) in [6.07, 6.45) is -1.80. The molecule has 2 aromatic heterocycles. The van der Waals surface area contributed by atoms with Crippen molar-refractivity contribution in [3.8, 4) is 0 Å². The van der Waals surface area contributed by atoms with Crippen molar-refractivity contribution < 1.29 is 28.5 Å². The summed E-state index contributed by atoms with van der Waals surface area (Å²) in [6.45, 7) is 1.84. The molecule has 0 amide bonds. The lowest BCUT2D eigenvalue weighted by Crippen LogP contribution is -2.34. The molecular formula is C19H21N3O6S. The third kappa shape index (κ3) is 3.43. The summed E-state index contributed by atoms with van der Waals surface area (Å²) in [4.78, 5) is 8.47. The lowest BCUT2D eigenvalue weighted by molar-refractivity contribution is -0.0848. The van der Waals surface area contributed by atoms with E-state index >= 15 is 0 Å². The molecule has 0 radical (unpaired) electrons.